The number of nitrogens with one attached hydrogen (secondary N) is 1. The summed E-state index contributed by atoms with van der Waals surface area (Å²) in [4.78, 5) is 20.5. The van der Waals surface area contributed by atoms with Crippen LogP contribution >= 0.6 is 0 Å². The van der Waals surface area contributed by atoms with Gasteiger partial charge in [0.15, 0.2) is 0 Å². The summed E-state index contributed by atoms with van der Waals surface area (Å²) in [6.07, 6.45) is 4.94. The molecule has 1 N–H and O–H groups in total. The molecule has 1 amide bonds. The minimum absolute atomic E-state index is 0.0942. The molecule has 0 saturated carbocycles. The van der Waals surface area contributed by atoms with Gasteiger partial charge in [-0.25, -0.2) is 4.98 Å². The van der Waals surface area contributed by atoms with Crippen LogP contribution in [0.5, 0.6) is 11.5 Å². The summed E-state index contributed by atoms with van der Waals surface area (Å²) < 4.78 is 23.1. The molecule has 1 aromatic heterocycles. The standard InChI is InChI=1S/C27H39N3O5/c1-19(2)30-12-5-8-20(17-30)28-27(31)23-16-25(34-15-7-13-32-3)22-10-4-11-24(26(22)29-23)35-18-21-9-6-14-33-21/h4,10-11,16,19-21H,5-9,12-15,17-18H2,1-3H3,(H,28,31)/t20?,21-/m1/s1. The molecule has 0 radical (unpaired) electrons. The molecule has 1 aromatic carbocycles. The number of rotatable bonds is 11. The van der Waals surface area contributed by atoms with Crippen molar-refractivity contribution in [3.8, 4) is 11.5 Å². The summed E-state index contributed by atoms with van der Waals surface area (Å²) in [5.41, 5.74) is 0.974. The summed E-state index contributed by atoms with van der Waals surface area (Å²) in [6, 6.07) is 8.09. The summed E-state index contributed by atoms with van der Waals surface area (Å²) in [5, 5.41) is 4.03. The highest BCUT2D eigenvalue weighted by atomic mass is 16.5. The quantitative estimate of drug-likeness (QED) is 0.485. The van der Waals surface area contributed by atoms with Gasteiger partial charge in [-0.05, 0) is 58.2 Å². The van der Waals surface area contributed by atoms with Gasteiger partial charge in [-0.1, -0.05) is 6.07 Å². The van der Waals surface area contributed by atoms with Crippen LogP contribution in [0.2, 0.25) is 0 Å². The van der Waals surface area contributed by atoms with Crippen LogP contribution < -0.4 is 14.8 Å². The van der Waals surface area contributed by atoms with Crippen molar-refractivity contribution in [2.75, 3.05) is 46.6 Å². The molecule has 0 aliphatic carbocycles. The number of likely N-dealkylation sites (tertiary alicyclic amines) is 1. The first-order chi connectivity index (χ1) is 17.0. The zero-order valence-corrected chi connectivity index (χ0v) is 21.3. The van der Waals surface area contributed by atoms with E-state index in [0.717, 1.165) is 57.2 Å². The molecule has 0 spiro atoms. The largest absolute Gasteiger partial charge is 0.493 e. The summed E-state index contributed by atoms with van der Waals surface area (Å²) in [5.74, 6) is 1.09. The van der Waals surface area contributed by atoms with Crippen LogP contribution in [0.3, 0.4) is 0 Å². The van der Waals surface area contributed by atoms with Crippen LogP contribution in [-0.2, 0) is 9.47 Å². The maximum Gasteiger partial charge on any atom is 0.270 e. The van der Waals surface area contributed by atoms with Crippen LogP contribution in [0.15, 0.2) is 24.3 Å². The van der Waals surface area contributed by atoms with E-state index in [1.807, 2.05) is 18.2 Å². The number of pyridine rings is 1. The van der Waals surface area contributed by atoms with Crippen molar-refractivity contribution in [1.29, 1.82) is 0 Å². The van der Waals surface area contributed by atoms with E-state index in [1.165, 1.54) is 0 Å². The fourth-order valence-corrected chi connectivity index (χ4v) is 4.74. The second-order valence-corrected chi connectivity index (χ2v) is 9.70. The number of aromatic nitrogens is 1. The van der Waals surface area contributed by atoms with Crippen molar-refractivity contribution in [3.05, 3.63) is 30.0 Å². The van der Waals surface area contributed by atoms with E-state index in [2.05, 4.69) is 24.1 Å². The molecule has 2 fully saturated rings. The van der Waals surface area contributed by atoms with E-state index in [9.17, 15) is 4.79 Å². The average Bonchev–Trinajstić information content (AvgIpc) is 3.39. The van der Waals surface area contributed by atoms with Gasteiger partial charge >= 0.3 is 0 Å². The Morgan fingerprint density at radius 3 is 2.86 bits per heavy atom. The Labute approximate surface area is 208 Å². The van der Waals surface area contributed by atoms with Crippen molar-refractivity contribution in [1.82, 2.24) is 15.2 Å². The van der Waals surface area contributed by atoms with Crippen molar-refractivity contribution >= 4 is 16.8 Å². The smallest absolute Gasteiger partial charge is 0.270 e. The molecule has 2 atom stereocenters. The Bertz CT molecular complexity index is 977. The second kappa shape index (κ2) is 12.5. The Morgan fingerprint density at radius 2 is 2.09 bits per heavy atom. The van der Waals surface area contributed by atoms with E-state index in [-0.39, 0.29) is 18.1 Å². The third-order valence-corrected chi connectivity index (χ3v) is 6.71. The summed E-state index contributed by atoms with van der Waals surface area (Å²) in [7, 11) is 1.67. The van der Waals surface area contributed by atoms with Gasteiger partial charge in [0, 0.05) is 56.8 Å². The number of carbonyl (C=O) groups is 1. The minimum atomic E-state index is -0.182. The van der Waals surface area contributed by atoms with Crippen molar-refractivity contribution < 1.29 is 23.7 Å². The van der Waals surface area contributed by atoms with Gasteiger partial charge in [0.2, 0.25) is 0 Å². The third kappa shape index (κ3) is 6.84. The number of hydrogen-bond acceptors (Lipinski definition) is 7. The number of benzene rings is 1. The van der Waals surface area contributed by atoms with E-state index >= 15 is 0 Å². The maximum atomic E-state index is 13.3. The van der Waals surface area contributed by atoms with Gasteiger partial charge in [-0.3, -0.25) is 9.69 Å². The Kier molecular flexibility index (Phi) is 9.18. The normalized spacial score (nSPS) is 20.9. The van der Waals surface area contributed by atoms with Crippen molar-refractivity contribution in [3.63, 3.8) is 0 Å². The number of para-hydroxylation sites is 1. The Morgan fingerprint density at radius 1 is 1.20 bits per heavy atom. The zero-order chi connectivity index (χ0) is 24.6. The molecule has 1 unspecified atom stereocenters. The Hall–Kier alpha value is -2.42. The van der Waals surface area contributed by atoms with E-state index < -0.39 is 0 Å². The Balaban J connectivity index is 1.57. The fourth-order valence-electron chi connectivity index (χ4n) is 4.74. The lowest BCUT2D eigenvalue weighted by molar-refractivity contribution is 0.0684. The first-order valence-electron chi connectivity index (χ1n) is 12.9. The van der Waals surface area contributed by atoms with Crippen LogP contribution in [0.4, 0.5) is 0 Å². The molecule has 8 heteroatoms. The van der Waals surface area contributed by atoms with Crippen molar-refractivity contribution in [2.24, 2.45) is 0 Å². The number of fused-ring (bicyclic) bond motifs is 1. The fraction of sp³-hybridized carbons (Fsp3) is 0.630. The van der Waals surface area contributed by atoms with Gasteiger partial charge in [-0.2, -0.15) is 0 Å². The van der Waals surface area contributed by atoms with E-state index in [1.54, 1.807) is 13.2 Å². The molecular formula is C27H39N3O5. The number of carbonyl (C=O) groups excluding carboxylic acids is 1. The maximum absolute atomic E-state index is 13.3. The monoisotopic (exact) mass is 485 g/mol. The number of nitrogens with zero attached hydrogens (tertiary/aromatic N) is 2. The first kappa shape index (κ1) is 25.7. The topological polar surface area (TPSA) is 82.2 Å². The molecule has 2 saturated heterocycles. The predicted octanol–water partition coefficient (Wildman–Crippen LogP) is 3.81. The van der Waals surface area contributed by atoms with Crippen LogP contribution in [0.25, 0.3) is 10.9 Å². The molecule has 35 heavy (non-hydrogen) atoms. The number of ether oxygens (including phenoxy) is 4. The van der Waals surface area contributed by atoms with Gasteiger partial charge in [0.25, 0.3) is 5.91 Å². The molecule has 2 aliphatic heterocycles. The zero-order valence-electron chi connectivity index (χ0n) is 21.3. The highest BCUT2D eigenvalue weighted by molar-refractivity contribution is 5.98. The van der Waals surface area contributed by atoms with E-state index in [0.29, 0.717) is 48.6 Å². The molecule has 4 rings (SSSR count). The molecule has 192 valence electrons. The van der Waals surface area contributed by atoms with Gasteiger partial charge in [-0.15, -0.1) is 0 Å². The van der Waals surface area contributed by atoms with Gasteiger partial charge < -0.3 is 24.3 Å². The number of hydrogen-bond donors (Lipinski definition) is 1. The van der Waals surface area contributed by atoms with Crippen LogP contribution in [0, 0.1) is 0 Å². The third-order valence-electron chi connectivity index (χ3n) is 6.71. The highest BCUT2D eigenvalue weighted by Crippen LogP contribution is 2.32. The molecule has 0 bridgehead atoms. The van der Waals surface area contributed by atoms with Crippen molar-refractivity contribution in [2.45, 2.75) is 64.1 Å². The predicted molar refractivity (Wildman–Crippen MR) is 135 cm³/mol. The van der Waals surface area contributed by atoms with Gasteiger partial charge in [0.05, 0.1) is 12.7 Å². The molecular weight excluding hydrogens is 446 g/mol. The van der Waals surface area contributed by atoms with Crippen LogP contribution in [-0.4, -0.2) is 80.6 Å². The highest BCUT2D eigenvalue weighted by Gasteiger charge is 2.25. The first-order valence-corrected chi connectivity index (χ1v) is 12.9. The number of methoxy groups -OCH3 is 1. The lowest BCUT2D eigenvalue weighted by atomic mass is 10.0. The molecule has 2 aliphatic rings. The number of piperidine rings is 1. The second-order valence-electron chi connectivity index (χ2n) is 9.70. The summed E-state index contributed by atoms with van der Waals surface area (Å²) in [6.45, 7) is 8.66. The SMILES string of the molecule is COCCCOc1cc(C(=O)NC2CCCN(C(C)C)C2)nc2c(OC[C@H]3CCCO3)cccc12. The lowest BCUT2D eigenvalue weighted by Crippen LogP contribution is -2.49. The van der Waals surface area contributed by atoms with Crippen LogP contribution in [0.1, 0.15) is 56.4 Å². The lowest BCUT2D eigenvalue weighted by Gasteiger charge is -2.35. The summed E-state index contributed by atoms with van der Waals surface area (Å²) >= 11 is 0. The molecule has 2 aromatic rings. The number of amides is 1. The van der Waals surface area contributed by atoms with E-state index in [4.69, 9.17) is 23.9 Å². The average molecular weight is 486 g/mol. The minimum Gasteiger partial charge on any atom is -0.493 e. The van der Waals surface area contributed by atoms with Gasteiger partial charge in [0.1, 0.15) is 29.3 Å². The molecule has 8 nitrogen and oxygen atoms in total. The molecule has 3 heterocycles.